The smallest absolute Gasteiger partial charge is 0.169 e. The first-order valence-corrected chi connectivity index (χ1v) is 4.22. The fraction of sp³-hybridized carbons (Fsp3) is 1.00. The third kappa shape index (κ3) is 2.71. The summed E-state index contributed by atoms with van der Waals surface area (Å²) >= 11 is 0. The molecule has 1 fully saturated rings. The second kappa shape index (κ2) is 4.77. The second-order valence-electron chi connectivity index (χ2n) is 3.10. The number of aliphatic hydroxyl groups is 1. The molecule has 1 heterocycles. The predicted molar refractivity (Wildman–Crippen MR) is 44.9 cm³/mol. The zero-order chi connectivity index (χ0) is 8.97. The summed E-state index contributed by atoms with van der Waals surface area (Å²) in [5.74, 6) is 0. The first-order chi connectivity index (χ1) is 5.76. The SMILES string of the molecule is COC(CN1CC[C@@H](O)C1)OC. The fourth-order valence-electron chi connectivity index (χ4n) is 1.43. The van der Waals surface area contributed by atoms with Crippen LogP contribution < -0.4 is 0 Å². The van der Waals surface area contributed by atoms with Crippen LogP contribution in [-0.4, -0.2) is 56.3 Å². The van der Waals surface area contributed by atoms with Crippen LogP contribution in [0.2, 0.25) is 0 Å². The van der Waals surface area contributed by atoms with Crippen LogP contribution >= 0.6 is 0 Å². The molecule has 1 rings (SSSR count). The first-order valence-electron chi connectivity index (χ1n) is 4.22. The molecule has 0 aromatic rings. The van der Waals surface area contributed by atoms with Crippen molar-refractivity contribution in [3.63, 3.8) is 0 Å². The van der Waals surface area contributed by atoms with E-state index in [9.17, 15) is 5.11 Å². The summed E-state index contributed by atoms with van der Waals surface area (Å²) in [6.45, 7) is 2.41. The monoisotopic (exact) mass is 175 g/mol. The van der Waals surface area contributed by atoms with E-state index < -0.39 is 0 Å². The molecule has 1 aliphatic rings. The van der Waals surface area contributed by atoms with E-state index in [1.54, 1.807) is 14.2 Å². The Labute approximate surface area is 73.1 Å². The minimum atomic E-state index is -0.171. The Kier molecular flexibility index (Phi) is 3.94. The molecule has 0 aromatic heterocycles. The third-order valence-corrected chi connectivity index (χ3v) is 2.18. The molecule has 4 heteroatoms. The van der Waals surface area contributed by atoms with Gasteiger partial charge in [-0.05, 0) is 6.42 Å². The summed E-state index contributed by atoms with van der Waals surface area (Å²) in [4.78, 5) is 2.14. The van der Waals surface area contributed by atoms with Crippen molar-refractivity contribution >= 4 is 0 Å². The Morgan fingerprint density at radius 2 is 2.17 bits per heavy atom. The van der Waals surface area contributed by atoms with Crippen molar-refractivity contribution in [1.82, 2.24) is 4.90 Å². The van der Waals surface area contributed by atoms with Crippen molar-refractivity contribution in [1.29, 1.82) is 0 Å². The van der Waals surface area contributed by atoms with Gasteiger partial charge in [0.25, 0.3) is 0 Å². The number of nitrogens with zero attached hydrogens (tertiary/aromatic N) is 1. The van der Waals surface area contributed by atoms with E-state index in [1.165, 1.54) is 0 Å². The maximum absolute atomic E-state index is 9.23. The highest BCUT2D eigenvalue weighted by Gasteiger charge is 2.22. The summed E-state index contributed by atoms with van der Waals surface area (Å²) in [7, 11) is 3.25. The predicted octanol–water partition coefficient (Wildman–Crippen LogP) is -0.328. The average molecular weight is 175 g/mol. The molecule has 0 aliphatic carbocycles. The van der Waals surface area contributed by atoms with E-state index in [-0.39, 0.29) is 12.4 Å². The van der Waals surface area contributed by atoms with Crippen molar-refractivity contribution in [3.05, 3.63) is 0 Å². The molecule has 0 bridgehead atoms. The number of rotatable bonds is 4. The summed E-state index contributed by atoms with van der Waals surface area (Å²) in [5, 5.41) is 9.23. The zero-order valence-electron chi connectivity index (χ0n) is 7.69. The van der Waals surface area contributed by atoms with Gasteiger partial charge in [0.2, 0.25) is 0 Å². The number of hydrogen-bond acceptors (Lipinski definition) is 4. The first kappa shape index (κ1) is 9.92. The Balaban J connectivity index is 2.21. The van der Waals surface area contributed by atoms with Gasteiger partial charge in [0.1, 0.15) is 0 Å². The average Bonchev–Trinajstić information content (AvgIpc) is 2.47. The molecule has 0 radical (unpaired) electrons. The zero-order valence-corrected chi connectivity index (χ0v) is 7.69. The van der Waals surface area contributed by atoms with E-state index in [0.29, 0.717) is 0 Å². The molecule has 72 valence electrons. The highest BCUT2D eigenvalue weighted by Crippen LogP contribution is 2.09. The van der Waals surface area contributed by atoms with Gasteiger partial charge in [-0.15, -0.1) is 0 Å². The van der Waals surface area contributed by atoms with Gasteiger partial charge in [0.15, 0.2) is 6.29 Å². The minimum absolute atomic E-state index is 0.167. The van der Waals surface area contributed by atoms with E-state index in [0.717, 1.165) is 26.1 Å². The van der Waals surface area contributed by atoms with E-state index in [1.807, 2.05) is 0 Å². The Hall–Kier alpha value is -0.160. The number of aliphatic hydroxyl groups excluding tert-OH is 1. The van der Waals surface area contributed by atoms with Crippen LogP contribution in [-0.2, 0) is 9.47 Å². The highest BCUT2D eigenvalue weighted by atomic mass is 16.7. The number of β-amino-alcohol motifs (C(OH)–C–C–N with tert-alkyl or cyclic N) is 1. The fourth-order valence-corrected chi connectivity index (χ4v) is 1.43. The lowest BCUT2D eigenvalue weighted by Crippen LogP contribution is -2.33. The van der Waals surface area contributed by atoms with Crippen LogP contribution in [0.3, 0.4) is 0 Å². The second-order valence-corrected chi connectivity index (χ2v) is 3.10. The molecule has 1 aliphatic heterocycles. The van der Waals surface area contributed by atoms with Gasteiger partial charge in [-0.1, -0.05) is 0 Å². The van der Waals surface area contributed by atoms with E-state index in [4.69, 9.17) is 9.47 Å². The van der Waals surface area contributed by atoms with Crippen LogP contribution in [0, 0.1) is 0 Å². The molecule has 1 saturated heterocycles. The summed E-state index contributed by atoms with van der Waals surface area (Å²) < 4.78 is 10.1. The van der Waals surface area contributed by atoms with Gasteiger partial charge < -0.3 is 14.6 Å². The van der Waals surface area contributed by atoms with Crippen LogP contribution in [0.15, 0.2) is 0 Å². The number of likely N-dealkylation sites (tertiary alicyclic amines) is 1. The van der Waals surface area contributed by atoms with Crippen LogP contribution in [0.25, 0.3) is 0 Å². The van der Waals surface area contributed by atoms with Gasteiger partial charge >= 0.3 is 0 Å². The topological polar surface area (TPSA) is 41.9 Å². The molecule has 0 unspecified atom stereocenters. The van der Waals surface area contributed by atoms with Crippen LogP contribution in [0.1, 0.15) is 6.42 Å². The number of hydrogen-bond donors (Lipinski definition) is 1. The van der Waals surface area contributed by atoms with Crippen molar-refractivity contribution < 1.29 is 14.6 Å². The summed E-state index contributed by atoms with van der Waals surface area (Å²) in [5.41, 5.74) is 0. The van der Waals surface area contributed by atoms with Gasteiger partial charge in [0.05, 0.1) is 6.10 Å². The lowest BCUT2D eigenvalue weighted by molar-refractivity contribution is -0.114. The van der Waals surface area contributed by atoms with Crippen molar-refractivity contribution in [2.24, 2.45) is 0 Å². The van der Waals surface area contributed by atoms with Crippen molar-refractivity contribution in [2.45, 2.75) is 18.8 Å². The molecular formula is C8H17NO3. The lowest BCUT2D eigenvalue weighted by atomic mass is 10.3. The molecule has 1 N–H and O–H groups in total. The normalized spacial score (nSPS) is 25.5. The molecule has 4 nitrogen and oxygen atoms in total. The van der Waals surface area contributed by atoms with Crippen LogP contribution in [0.4, 0.5) is 0 Å². The standard InChI is InChI=1S/C8H17NO3/c1-11-8(12-2)6-9-4-3-7(10)5-9/h7-8,10H,3-6H2,1-2H3/t7-/m1/s1. The molecule has 0 spiro atoms. The third-order valence-electron chi connectivity index (χ3n) is 2.18. The van der Waals surface area contributed by atoms with Gasteiger partial charge in [-0.3, -0.25) is 4.90 Å². The lowest BCUT2D eigenvalue weighted by Gasteiger charge is -2.20. The Bertz CT molecular complexity index is 127. The van der Waals surface area contributed by atoms with E-state index in [2.05, 4.69) is 4.90 Å². The number of ether oxygens (including phenoxy) is 2. The maximum Gasteiger partial charge on any atom is 0.169 e. The molecule has 1 atom stereocenters. The molecule has 12 heavy (non-hydrogen) atoms. The number of methoxy groups -OCH3 is 2. The largest absolute Gasteiger partial charge is 0.392 e. The Morgan fingerprint density at radius 3 is 2.58 bits per heavy atom. The van der Waals surface area contributed by atoms with Gasteiger partial charge in [-0.25, -0.2) is 0 Å². The highest BCUT2D eigenvalue weighted by molar-refractivity contribution is 4.74. The van der Waals surface area contributed by atoms with Crippen molar-refractivity contribution in [2.75, 3.05) is 33.9 Å². The molecular weight excluding hydrogens is 158 g/mol. The summed E-state index contributed by atoms with van der Waals surface area (Å²) in [6.07, 6.45) is 0.523. The van der Waals surface area contributed by atoms with E-state index >= 15 is 0 Å². The maximum atomic E-state index is 9.23. The quantitative estimate of drug-likeness (QED) is 0.594. The molecule has 0 amide bonds. The van der Waals surface area contributed by atoms with Crippen molar-refractivity contribution in [3.8, 4) is 0 Å². The molecule has 0 saturated carbocycles. The van der Waals surface area contributed by atoms with Gasteiger partial charge in [-0.2, -0.15) is 0 Å². The van der Waals surface area contributed by atoms with Gasteiger partial charge in [0, 0.05) is 33.9 Å². The van der Waals surface area contributed by atoms with Crippen LogP contribution in [0.5, 0.6) is 0 Å². The summed E-state index contributed by atoms with van der Waals surface area (Å²) in [6, 6.07) is 0. The minimum Gasteiger partial charge on any atom is -0.392 e. The molecule has 0 aromatic carbocycles. The Morgan fingerprint density at radius 1 is 1.50 bits per heavy atom.